The molecule has 3 rings (SSSR count). The highest BCUT2D eigenvalue weighted by atomic mass is 29.6. The molecule has 0 bridgehead atoms. The van der Waals surface area contributed by atoms with E-state index in [0.717, 1.165) is 13.0 Å². The first-order chi connectivity index (χ1) is 13.1. The first-order valence-corrected chi connectivity index (χ1v) is 18.8. The van der Waals surface area contributed by atoms with Crippen molar-refractivity contribution in [3.8, 4) is 0 Å². The lowest BCUT2D eigenvalue weighted by Crippen LogP contribution is -2.71. The molecule has 3 nitrogen and oxygen atoms in total. The highest BCUT2D eigenvalue weighted by molar-refractivity contribution is 7.53. The number of esters is 1. The molecular formula is C21H28O3Si3. The Morgan fingerprint density at radius 1 is 1.15 bits per heavy atom. The fourth-order valence-corrected chi connectivity index (χ4v) is 34.9. The molecule has 0 aliphatic carbocycles. The van der Waals surface area contributed by atoms with Crippen LogP contribution in [0, 0.1) is 0 Å². The van der Waals surface area contributed by atoms with E-state index in [1.165, 1.54) is 22.5 Å². The van der Waals surface area contributed by atoms with Gasteiger partial charge < -0.3 is 9.16 Å². The molecule has 1 fully saturated rings. The van der Waals surface area contributed by atoms with Crippen molar-refractivity contribution < 1.29 is 14.0 Å². The van der Waals surface area contributed by atoms with Gasteiger partial charge in [-0.05, 0) is 29.8 Å². The van der Waals surface area contributed by atoms with Crippen molar-refractivity contribution in [2.24, 2.45) is 0 Å². The van der Waals surface area contributed by atoms with Gasteiger partial charge in [0.2, 0.25) is 7.83 Å². The van der Waals surface area contributed by atoms with Gasteiger partial charge in [-0.25, -0.2) is 4.79 Å². The van der Waals surface area contributed by atoms with Crippen LogP contribution in [0.15, 0.2) is 72.8 Å². The van der Waals surface area contributed by atoms with Crippen molar-refractivity contribution in [2.75, 3.05) is 13.2 Å². The molecule has 2 aromatic rings. The predicted molar refractivity (Wildman–Crippen MR) is 120 cm³/mol. The summed E-state index contributed by atoms with van der Waals surface area (Å²) in [6, 6.07) is 24.4. The third-order valence-corrected chi connectivity index (χ3v) is 31.3. The van der Waals surface area contributed by atoms with Crippen LogP contribution in [-0.2, 0) is 14.0 Å². The molecule has 1 atom stereocenters. The summed E-state index contributed by atoms with van der Waals surface area (Å²) in [6.07, 6.45) is 0.983. The summed E-state index contributed by atoms with van der Waals surface area (Å²) < 4.78 is 12.0. The Bertz CT molecular complexity index is 725. The number of benzene rings is 2. The Hall–Kier alpha value is -1.74. The number of hydrogen-bond acceptors (Lipinski definition) is 3. The second-order valence-corrected chi connectivity index (χ2v) is 25.1. The van der Waals surface area contributed by atoms with Gasteiger partial charge in [0.05, 0.1) is 15.2 Å². The van der Waals surface area contributed by atoms with E-state index in [1.54, 1.807) is 6.92 Å². The molecule has 0 spiro atoms. The maximum Gasteiger partial charge on any atom is 0.333 e. The van der Waals surface area contributed by atoms with Crippen LogP contribution in [0.1, 0.15) is 13.3 Å². The zero-order valence-electron chi connectivity index (χ0n) is 16.0. The molecule has 0 N–H and O–H groups in total. The van der Waals surface area contributed by atoms with E-state index < -0.39 is 16.1 Å². The number of carbonyl (C=O) groups is 1. The van der Waals surface area contributed by atoms with Gasteiger partial charge in [0, 0.05) is 20.5 Å². The van der Waals surface area contributed by atoms with Crippen LogP contribution in [0.4, 0.5) is 0 Å². The van der Waals surface area contributed by atoms with Crippen LogP contribution in [0.2, 0.25) is 12.1 Å². The van der Waals surface area contributed by atoms with Gasteiger partial charge in [-0.15, -0.1) is 0 Å². The van der Waals surface area contributed by atoms with Gasteiger partial charge >= 0.3 is 5.97 Å². The third-order valence-electron chi connectivity index (χ3n) is 5.27. The highest BCUT2D eigenvalue weighted by Gasteiger charge is 2.44. The van der Waals surface area contributed by atoms with Gasteiger partial charge in [-0.1, -0.05) is 73.3 Å². The zero-order chi connectivity index (χ0) is 19.1. The fourth-order valence-electron chi connectivity index (χ4n) is 3.86. The van der Waals surface area contributed by atoms with Crippen LogP contribution in [0.3, 0.4) is 0 Å². The average molecular weight is 413 g/mol. The summed E-state index contributed by atoms with van der Waals surface area (Å²) in [4.78, 5) is 11.6. The lowest BCUT2D eigenvalue weighted by atomic mass is 10.4. The summed E-state index contributed by atoms with van der Waals surface area (Å²) in [5.41, 5.74) is 0.479. The van der Waals surface area contributed by atoms with E-state index in [1.807, 2.05) is 0 Å². The minimum atomic E-state index is -2.02. The van der Waals surface area contributed by atoms with E-state index >= 15 is 0 Å². The van der Waals surface area contributed by atoms with Crippen molar-refractivity contribution in [3.63, 3.8) is 0 Å². The van der Waals surface area contributed by atoms with Crippen molar-refractivity contribution in [1.82, 2.24) is 0 Å². The van der Waals surface area contributed by atoms with Crippen LogP contribution < -0.4 is 10.4 Å². The molecule has 1 heterocycles. The maximum atomic E-state index is 11.6. The minimum Gasteiger partial charge on any atom is -0.462 e. The summed E-state index contributed by atoms with van der Waals surface area (Å²) in [5, 5.41) is 2.88. The normalized spacial score (nSPS) is 19.5. The molecule has 2 aromatic carbocycles. The highest BCUT2D eigenvalue weighted by Crippen LogP contribution is 2.18. The zero-order valence-corrected chi connectivity index (χ0v) is 19.6. The van der Waals surface area contributed by atoms with E-state index in [4.69, 9.17) is 9.16 Å². The molecule has 27 heavy (non-hydrogen) atoms. The molecular weight excluding hydrogens is 384 g/mol. The van der Waals surface area contributed by atoms with Gasteiger partial charge in [0.1, 0.15) is 0 Å². The van der Waals surface area contributed by atoms with Gasteiger partial charge in [-0.2, -0.15) is 0 Å². The van der Waals surface area contributed by atoms with Gasteiger partial charge in [0.25, 0.3) is 0 Å². The first-order valence-electron chi connectivity index (χ1n) is 9.69. The minimum absolute atomic E-state index is 0.266. The lowest BCUT2D eigenvalue weighted by Gasteiger charge is -2.39. The van der Waals surface area contributed by atoms with E-state index in [2.05, 4.69) is 67.2 Å². The smallest absolute Gasteiger partial charge is 0.333 e. The Morgan fingerprint density at radius 2 is 1.74 bits per heavy atom. The van der Waals surface area contributed by atoms with Gasteiger partial charge in [0.15, 0.2) is 0 Å². The number of carbonyl (C=O) groups excluding carboxylic acids is 1. The maximum absolute atomic E-state index is 11.6. The molecule has 1 aliphatic rings. The predicted octanol–water partition coefficient (Wildman–Crippen LogP) is 1.68. The van der Waals surface area contributed by atoms with Gasteiger partial charge in [-0.3, -0.25) is 0 Å². The molecule has 0 radical (unpaired) electrons. The molecule has 0 saturated carbocycles. The standard InChI is InChI=1S/C21H28O3Si3/c1-18(2)21(22)23-14-9-16-26-17-15-24-27(25-26,19-10-5-3-6-11-19)20-12-7-4-8-13-20/h3-8,10-13,26H,1,9,14-17,25H2,2H3. The SMILES string of the molecule is C=C(C)C(=O)OCCC[SiH]1CCO[Si](c2ccccc2)(c2ccccc2)[SiH2]1. The Labute approximate surface area is 166 Å². The van der Waals surface area contributed by atoms with Crippen LogP contribution >= 0.6 is 0 Å². The quantitative estimate of drug-likeness (QED) is 0.300. The summed E-state index contributed by atoms with van der Waals surface area (Å²) in [6.45, 7) is 6.75. The van der Waals surface area contributed by atoms with Crippen molar-refractivity contribution in [2.45, 2.75) is 25.4 Å². The number of ether oxygens (including phenoxy) is 1. The Balaban J connectivity index is 1.72. The third kappa shape index (κ3) is 4.95. The number of rotatable bonds is 7. The Kier molecular flexibility index (Phi) is 7.01. The van der Waals surface area contributed by atoms with Crippen LogP contribution in [0.5, 0.6) is 0 Å². The van der Waals surface area contributed by atoms with Crippen LogP contribution in [0.25, 0.3) is 0 Å². The monoisotopic (exact) mass is 412 g/mol. The summed E-state index contributed by atoms with van der Waals surface area (Å²) in [5.74, 6) is -0.266. The molecule has 0 aromatic heterocycles. The second kappa shape index (κ2) is 9.45. The summed E-state index contributed by atoms with van der Waals surface area (Å²) in [7, 11) is -3.17. The molecule has 1 saturated heterocycles. The Morgan fingerprint density at radius 3 is 2.30 bits per heavy atom. The van der Waals surface area contributed by atoms with Crippen LogP contribution in [-0.4, -0.2) is 43.9 Å². The molecule has 1 aliphatic heterocycles. The first kappa shape index (κ1) is 20.0. The average Bonchev–Trinajstić information content (AvgIpc) is 2.72. The molecule has 6 heteroatoms. The fraction of sp³-hybridized carbons (Fsp3) is 0.286. The van der Waals surface area contributed by atoms with Crippen molar-refractivity contribution in [1.29, 1.82) is 0 Å². The largest absolute Gasteiger partial charge is 0.462 e. The number of hydrogen-bond donors (Lipinski definition) is 0. The lowest BCUT2D eigenvalue weighted by molar-refractivity contribution is -0.138. The second-order valence-electron chi connectivity index (χ2n) is 7.32. The van der Waals surface area contributed by atoms with E-state index in [9.17, 15) is 4.79 Å². The van der Waals surface area contributed by atoms with E-state index in [0.29, 0.717) is 12.2 Å². The van der Waals surface area contributed by atoms with Crippen molar-refractivity contribution >= 4 is 41.0 Å². The summed E-state index contributed by atoms with van der Waals surface area (Å²) >= 11 is 0. The molecule has 142 valence electrons. The molecule has 0 amide bonds. The van der Waals surface area contributed by atoms with Crippen molar-refractivity contribution in [3.05, 3.63) is 72.8 Å². The van der Waals surface area contributed by atoms with E-state index in [-0.39, 0.29) is 14.5 Å². The topological polar surface area (TPSA) is 35.5 Å². The molecule has 1 unspecified atom stereocenters.